The van der Waals surface area contributed by atoms with Gasteiger partial charge >= 0.3 is 0 Å². The zero-order valence-corrected chi connectivity index (χ0v) is 18.4. The number of aromatic nitrogens is 1. The Bertz CT molecular complexity index is 1220. The Kier molecular flexibility index (Phi) is 5.64. The maximum Gasteiger partial charge on any atom is 0.246 e. The molecule has 2 N–H and O–H groups in total. The number of carbonyl (C=O) groups is 1. The highest BCUT2D eigenvalue weighted by molar-refractivity contribution is 7.18. The molecule has 3 aromatic carbocycles. The summed E-state index contributed by atoms with van der Waals surface area (Å²) in [7, 11) is 0. The molecule has 0 saturated heterocycles. The third kappa shape index (κ3) is 4.53. The van der Waals surface area contributed by atoms with Crippen molar-refractivity contribution in [2.45, 2.75) is 19.4 Å². The first-order valence-electron chi connectivity index (χ1n) is 10.5. The zero-order valence-electron chi connectivity index (χ0n) is 17.6. The van der Waals surface area contributed by atoms with Crippen LogP contribution in [0.4, 0.5) is 11.4 Å². The largest absolute Gasteiger partial charge is 0.486 e. The second-order valence-corrected chi connectivity index (χ2v) is 8.78. The second kappa shape index (κ2) is 8.88. The van der Waals surface area contributed by atoms with E-state index in [2.05, 4.69) is 16.7 Å². The molecule has 1 atom stereocenters. The number of carbonyl (C=O) groups excluding carboxylic acids is 1. The van der Waals surface area contributed by atoms with Crippen LogP contribution in [-0.2, 0) is 11.2 Å². The Morgan fingerprint density at radius 2 is 1.75 bits per heavy atom. The monoisotopic (exact) mass is 445 g/mol. The summed E-state index contributed by atoms with van der Waals surface area (Å²) in [5.74, 6) is 1.31. The SMILES string of the molecule is CC(Nc1ccc2c(c1)OCCO2)C(=O)Nc1ccc(Cc2nc3ccccc3s2)cc1. The van der Waals surface area contributed by atoms with Gasteiger partial charge in [-0.25, -0.2) is 4.98 Å². The van der Waals surface area contributed by atoms with Crippen LogP contribution in [0.2, 0.25) is 0 Å². The van der Waals surface area contributed by atoms with Gasteiger partial charge in [0.05, 0.1) is 15.2 Å². The standard InChI is InChI=1S/C25H23N3O3S/c1-16(26-19-10-11-21-22(15-19)31-13-12-30-21)25(29)27-18-8-6-17(7-9-18)14-24-28-20-4-2-3-5-23(20)32-24/h2-11,15-16,26H,12-14H2,1H3,(H,27,29). The minimum atomic E-state index is -0.417. The van der Waals surface area contributed by atoms with Crippen molar-refractivity contribution in [3.63, 3.8) is 0 Å². The third-order valence-corrected chi connectivity index (χ3v) is 6.27. The highest BCUT2D eigenvalue weighted by Crippen LogP contribution is 2.32. The fourth-order valence-corrected chi connectivity index (χ4v) is 4.58. The lowest BCUT2D eigenvalue weighted by Crippen LogP contribution is -2.31. The van der Waals surface area contributed by atoms with Crippen LogP contribution < -0.4 is 20.1 Å². The lowest BCUT2D eigenvalue weighted by atomic mass is 10.1. The van der Waals surface area contributed by atoms with Gasteiger partial charge in [0.15, 0.2) is 11.5 Å². The smallest absolute Gasteiger partial charge is 0.246 e. The molecule has 0 fully saturated rings. The molecular weight excluding hydrogens is 422 g/mol. The number of thiazole rings is 1. The Morgan fingerprint density at radius 1 is 1.00 bits per heavy atom. The summed E-state index contributed by atoms with van der Waals surface area (Å²) >= 11 is 1.71. The number of fused-ring (bicyclic) bond motifs is 2. The van der Waals surface area contributed by atoms with E-state index in [1.807, 2.05) is 67.6 Å². The molecule has 0 aliphatic carbocycles. The molecule has 162 valence electrons. The van der Waals surface area contributed by atoms with Crippen molar-refractivity contribution in [1.29, 1.82) is 0 Å². The van der Waals surface area contributed by atoms with Crippen LogP contribution >= 0.6 is 11.3 Å². The Labute approximate surface area is 190 Å². The van der Waals surface area contributed by atoms with Gasteiger partial charge in [0.1, 0.15) is 19.3 Å². The minimum absolute atomic E-state index is 0.112. The second-order valence-electron chi connectivity index (χ2n) is 7.66. The van der Waals surface area contributed by atoms with Crippen LogP contribution in [0.5, 0.6) is 11.5 Å². The molecule has 1 amide bonds. The summed E-state index contributed by atoms with van der Waals surface area (Å²) in [5.41, 5.74) is 3.77. The predicted octanol–water partition coefficient (Wildman–Crippen LogP) is 5.10. The molecule has 0 saturated carbocycles. The van der Waals surface area contributed by atoms with Crippen molar-refractivity contribution < 1.29 is 14.3 Å². The normalized spacial score (nSPS) is 13.5. The molecule has 0 radical (unpaired) electrons. The first kappa shape index (κ1) is 20.3. The average molecular weight is 446 g/mol. The number of benzene rings is 3. The van der Waals surface area contributed by atoms with Crippen LogP contribution in [0.3, 0.4) is 0 Å². The van der Waals surface area contributed by atoms with Crippen LogP contribution in [0, 0.1) is 0 Å². The predicted molar refractivity (Wildman–Crippen MR) is 128 cm³/mol. The van der Waals surface area contributed by atoms with E-state index in [0.717, 1.165) is 39.6 Å². The van der Waals surface area contributed by atoms with Crippen molar-refractivity contribution in [2.75, 3.05) is 23.8 Å². The van der Waals surface area contributed by atoms with Gasteiger partial charge in [-0.05, 0) is 48.9 Å². The van der Waals surface area contributed by atoms with Crippen LogP contribution in [0.25, 0.3) is 10.2 Å². The molecule has 1 aliphatic heterocycles. The van der Waals surface area contributed by atoms with E-state index in [-0.39, 0.29) is 5.91 Å². The topological polar surface area (TPSA) is 72.5 Å². The molecule has 7 heteroatoms. The quantitative estimate of drug-likeness (QED) is 0.432. The summed E-state index contributed by atoms with van der Waals surface area (Å²) in [4.78, 5) is 17.3. The van der Waals surface area contributed by atoms with Gasteiger partial charge in [-0.2, -0.15) is 0 Å². The number of ether oxygens (including phenoxy) is 2. The van der Waals surface area contributed by atoms with E-state index >= 15 is 0 Å². The summed E-state index contributed by atoms with van der Waals surface area (Å²) in [6, 6.07) is 21.3. The van der Waals surface area contributed by atoms with E-state index in [9.17, 15) is 4.79 Å². The maximum absolute atomic E-state index is 12.6. The number of rotatable bonds is 6. The van der Waals surface area contributed by atoms with Gasteiger partial charge < -0.3 is 20.1 Å². The molecule has 0 bridgehead atoms. The first-order valence-corrected chi connectivity index (χ1v) is 11.4. The third-order valence-electron chi connectivity index (χ3n) is 5.23. The van der Waals surface area contributed by atoms with E-state index in [1.165, 1.54) is 4.70 Å². The van der Waals surface area contributed by atoms with Gasteiger partial charge in [-0.15, -0.1) is 11.3 Å². The Balaban J connectivity index is 1.18. The van der Waals surface area contributed by atoms with Crippen LogP contribution in [0.15, 0.2) is 66.7 Å². The van der Waals surface area contributed by atoms with Gasteiger partial charge in [0, 0.05) is 23.9 Å². The van der Waals surface area contributed by atoms with Crippen molar-refractivity contribution in [3.8, 4) is 11.5 Å². The summed E-state index contributed by atoms with van der Waals surface area (Å²) in [5, 5.41) is 7.26. The maximum atomic E-state index is 12.6. The van der Waals surface area contributed by atoms with Gasteiger partial charge in [0.2, 0.25) is 5.91 Å². The average Bonchev–Trinajstić information content (AvgIpc) is 3.22. The molecule has 0 spiro atoms. The highest BCUT2D eigenvalue weighted by Gasteiger charge is 2.16. The lowest BCUT2D eigenvalue weighted by Gasteiger charge is -2.20. The Morgan fingerprint density at radius 3 is 2.56 bits per heavy atom. The highest BCUT2D eigenvalue weighted by atomic mass is 32.1. The molecular formula is C25H23N3O3S. The van der Waals surface area contributed by atoms with E-state index < -0.39 is 6.04 Å². The van der Waals surface area contributed by atoms with Crippen molar-refractivity contribution in [1.82, 2.24) is 4.98 Å². The van der Waals surface area contributed by atoms with Crippen LogP contribution in [0.1, 0.15) is 17.5 Å². The fourth-order valence-electron chi connectivity index (χ4n) is 3.58. The molecule has 6 nitrogen and oxygen atoms in total. The number of amides is 1. The van der Waals surface area contributed by atoms with Crippen molar-refractivity contribution >= 4 is 38.8 Å². The molecule has 32 heavy (non-hydrogen) atoms. The summed E-state index contributed by atoms with van der Waals surface area (Å²) in [6.45, 7) is 2.91. The number of hydrogen-bond acceptors (Lipinski definition) is 6. The van der Waals surface area contributed by atoms with Crippen molar-refractivity contribution in [2.24, 2.45) is 0 Å². The minimum Gasteiger partial charge on any atom is -0.486 e. The summed E-state index contributed by atoms with van der Waals surface area (Å²) in [6.07, 6.45) is 0.773. The number of hydrogen-bond donors (Lipinski definition) is 2. The molecule has 1 aliphatic rings. The number of para-hydroxylation sites is 1. The number of anilines is 2. The van der Waals surface area contributed by atoms with Gasteiger partial charge in [0.25, 0.3) is 0 Å². The van der Waals surface area contributed by atoms with Gasteiger partial charge in [-0.1, -0.05) is 24.3 Å². The number of nitrogens with one attached hydrogen (secondary N) is 2. The summed E-state index contributed by atoms with van der Waals surface area (Å²) < 4.78 is 12.3. The number of nitrogens with zero attached hydrogens (tertiary/aromatic N) is 1. The molecule has 4 aromatic rings. The van der Waals surface area contributed by atoms with Crippen LogP contribution in [-0.4, -0.2) is 30.1 Å². The molecule has 2 heterocycles. The fraction of sp³-hybridized carbons (Fsp3) is 0.200. The van der Waals surface area contributed by atoms with Gasteiger partial charge in [-0.3, -0.25) is 4.79 Å². The van der Waals surface area contributed by atoms with Crippen molar-refractivity contribution in [3.05, 3.63) is 77.3 Å². The van der Waals surface area contributed by atoms with E-state index in [4.69, 9.17) is 14.5 Å². The molecule has 5 rings (SSSR count). The van der Waals surface area contributed by atoms with E-state index in [1.54, 1.807) is 11.3 Å². The molecule has 1 aromatic heterocycles. The lowest BCUT2D eigenvalue weighted by molar-refractivity contribution is -0.116. The Hall–Kier alpha value is -3.58. The van der Waals surface area contributed by atoms with E-state index in [0.29, 0.717) is 19.0 Å². The molecule has 1 unspecified atom stereocenters. The zero-order chi connectivity index (χ0) is 21.9. The first-order chi connectivity index (χ1) is 15.6.